The maximum Gasteiger partial charge on any atom is 0.255 e. The second kappa shape index (κ2) is 7.44. The summed E-state index contributed by atoms with van der Waals surface area (Å²) in [7, 11) is 0. The van der Waals surface area contributed by atoms with Crippen molar-refractivity contribution in [3.05, 3.63) is 53.1 Å². The summed E-state index contributed by atoms with van der Waals surface area (Å²) in [6.45, 7) is 6.47. The van der Waals surface area contributed by atoms with E-state index in [1.54, 1.807) is 18.2 Å². The van der Waals surface area contributed by atoms with Crippen molar-refractivity contribution in [2.45, 2.75) is 33.0 Å². The zero-order valence-electron chi connectivity index (χ0n) is 15.8. The molecular weight excluding hydrogens is 347 g/mol. The first-order valence-corrected chi connectivity index (χ1v) is 9.52. The molecule has 5 nitrogen and oxygen atoms in total. The molecule has 0 bridgehead atoms. The fraction of sp³-hybridized carbons (Fsp3) is 0.476. The number of carbonyl (C=O) groups excluding carboxylic acids is 1. The normalized spacial score (nSPS) is 19.0. The molecule has 144 valence electrons. The van der Waals surface area contributed by atoms with E-state index in [9.17, 15) is 9.18 Å². The molecule has 0 saturated carbocycles. The Morgan fingerprint density at radius 1 is 1.11 bits per heavy atom. The van der Waals surface area contributed by atoms with Crippen molar-refractivity contribution in [1.82, 2.24) is 9.47 Å². The molecule has 2 saturated heterocycles. The molecule has 0 radical (unpaired) electrons. The van der Waals surface area contributed by atoms with Crippen molar-refractivity contribution in [3.63, 3.8) is 0 Å². The number of halogens is 1. The van der Waals surface area contributed by atoms with Gasteiger partial charge in [-0.25, -0.2) is 4.39 Å². The standard InChI is InChI=1S/C21H25FN2O3/c1-14-13-17(15(2)24(14)19-6-4-3-5-18(19)22)20(25)23-9-7-16(8-10-23)21-26-11-12-27-21/h3-6,13,16,21H,7-12H2,1-2H3. The average molecular weight is 372 g/mol. The minimum atomic E-state index is -0.296. The van der Waals surface area contributed by atoms with Gasteiger partial charge in [-0.2, -0.15) is 0 Å². The van der Waals surface area contributed by atoms with Crippen LogP contribution in [-0.4, -0.2) is 48.0 Å². The van der Waals surface area contributed by atoms with Gasteiger partial charge in [0.05, 0.1) is 24.5 Å². The largest absolute Gasteiger partial charge is 0.350 e. The fourth-order valence-corrected chi connectivity index (χ4v) is 4.18. The maximum atomic E-state index is 14.3. The topological polar surface area (TPSA) is 43.7 Å². The van der Waals surface area contributed by atoms with Crippen LogP contribution in [0.3, 0.4) is 0 Å². The Morgan fingerprint density at radius 3 is 2.44 bits per heavy atom. The summed E-state index contributed by atoms with van der Waals surface area (Å²) in [6.07, 6.45) is 1.64. The average Bonchev–Trinajstić information content (AvgIpc) is 3.31. The Hall–Kier alpha value is -2.18. The Balaban J connectivity index is 1.52. The Labute approximate surface area is 158 Å². The smallest absolute Gasteiger partial charge is 0.255 e. The molecule has 1 amide bonds. The molecule has 0 aliphatic carbocycles. The summed E-state index contributed by atoms with van der Waals surface area (Å²) in [4.78, 5) is 15.0. The second-order valence-corrected chi connectivity index (χ2v) is 7.31. The number of rotatable bonds is 3. The first-order valence-electron chi connectivity index (χ1n) is 9.52. The maximum absolute atomic E-state index is 14.3. The highest BCUT2D eigenvalue weighted by molar-refractivity contribution is 5.96. The molecular formula is C21H25FN2O3. The fourth-order valence-electron chi connectivity index (χ4n) is 4.18. The summed E-state index contributed by atoms with van der Waals surface area (Å²) in [5, 5.41) is 0. The van der Waals surface area contributed by atoms with Gasteiger partial charge in [0.1, 0.15) is 5.82 Å². The SMILES string of the molecule is Cc1cc(C(=O)N2CCC(C3OCCO3)CC2)c(C)n1-c1ccccc1F. The number of likely N-dealkylation sites (tertiary alicyclic amines) is 1. The van der Waals surface area contributed by atoms with Crippen LogP contribution in [0.5, 0.6) is 0 Å². The van der Waals surface area contributed by atoms with Crippen LogP contribution >= 0.6 is 0 Å². The molecule has 6 heteroatoms. The first-order chi connectivity index (χ1) is 13.1. The van der Waals surface area contributed by atoms with E-state index in [0.717, 1.165) is 24.2 Å². The van der Waals surface area contributed by atoms with Crippen LogP contribution in [0.1, 0.15) is 34.6 Å². The van der Waals surface area contributed by atoms with Crippen LogP contribution in [0.2, 0.25) is 0 Å². The number of piperidine rings is 1. The third kappa shape index (κ3) is 3.39. The summed E-state index contributed by atoms with van der Waals surface area (Å²) >= 11 is 0. The third-order valence-corrected chi connectivity index (χ3v) is 5.61. The number of aromatic nitrogens is 1. The minimum Gasteiger partial charge on any atom is -0.350 e. The predicted molar refractivity (Wildman–Crippen MR) is 99.5 cm³/mol. The molecule has 1 aromatic carbocycles. The van der Waals surface area contributed by atoms with E-state index < -0.39 is 0 Å². The van der Waals surface area contributed by atoms with Crippen molar-refractivity contribution in [3.8, 4) is 5.69 Å². The molecule has 0 atom stereocenters. The number of para-hydroxylation sites is 1. The lowest BCUT2D eigenvalue weighted by molar-refractivity contribution is -0.0956. The first kappa shape index (κ1) is 18.2. The monoisotopic (exact) mass is 372 g/mol. The molecule has 1 aromatic heterocycles. The number of hydrogen-bond acceptors (Lipinski definition) is 3. The summed E-state index contributed by atoms with van der Waals surface area (Å²) in [6, 6.07) is 8.50. The van der Waals surface area contributed by atoms with Gasteiger partial charge >= 0.3 is 0 Å². The van der Waals surface area contributed by atoms with Crippen LogP contribution in [0, 0.1) is 25.6 Å². The zero-order chi connectivity index (χ0) is 19.0. The van der Waals surface area contributed by atoms with Gasteiger partial charge in [-0.05, 0) is 44.9 Å². The van der Waals surface area contributed by atoms with E-state index in [0.29, 0.717) is 43.5 Å². The second-order valence-electron chi connectivity index (χ2n) is 7.31. The number of nitrogens with zero attached hydrogens (tertiary/aromatic N) is 2. The highest BCUT2D eigenvalue weighted by Crippen LogP contribution is 2.28. The quantitative estimate of drug-likeness (QED) is 0.829. The lowest BCUT2D eigenvalue weighted by Gasteiger charge is -2.33. The van der Waals surface area contributed by atoms with E-state index in [4.69, 9.17) is 9.47 Å². The van der Waals surface area contributed by atoms with E-state index >= 15 is 0 Å². The van der Waals surface area contributed by atoms with Gasteiger partial charge in [0.25, 0.3) is 5.91 Å². The molecule has 3 heterocycles. The van der Waals surface area contributed by atoms with Gasteiger partial charge < -0.3 is 18.9 Å². The molecule has 4 rings (SSSR count). The highest BCUT2D eigenvalue weighted by atomic mass is 19.1. The van der Waals surface area contributed by atoms with Crippen molar-refractivity contribution >= 4 is 5.91 Å². The van der Waals surface area contributed by atoms with Gasteiger partial charge in [-0.1, -0.05) is 12.1 Å². The number of aryl methyl sites for hydroxylation is 1. The highest BCUT2D eigenvalue weighted by Gasteiger charge is 2.33. The molecule has 0 spiro atoms. The minimum absolute atomic E-state index is 0.0115. The van der Waals surface area contributed by atoms with Crippen molar-refractivity contribution in [1.29, 1.82) is 0 Å². The summed E-state index contributed by atoms with van der Waals surface area (Å²) < 4.78 is 27.3. The van der Waals surface area contributed by atoms with Crippen molar-refractivity contribution < 1.29 is 18.7 Å². The number of hydrogen-bond donors (Lipinski definition) is 0. The van der Waals surface area contributed by atoms with Gasteiger partial charge in [-0.15, -0.1) is 0 Å². The number of benzene rings is 1. The van der Waals surface area contributed by atoms with Crippen LogP contribution in [0.15, 0.2) is 30.3 Å². The molecule has 2 aromatic rings. The van der Waals surface area contributed by atoms with E-state index in [1.165, 1.54) is 6.07 Å². The van der Waals surface area contributed by atoms with Gasteiger partial charge in [0.2, 0.25) is 0 Å². The summed E-state index contributed by atoms with van der Waals surface area (Å²) in [5.74, 6) is 0.0653. The van der Waals surface area contributed by atoms with Gasteiger partial charge in [-0.3, -0.25) is 4.79 Å². The van der Waals surface area contributed by atoms with Crippen LogP contribution in [-0.2, 0) is 9.47 Å². The molecule has 27 heavy (non-hydrogen) atoms. The van der Waals surface area contributed by atoms with Crippen LogP contribution < -0.4 is 0 Å². The van der Waals surface area contributed by atoms with Gasteiger partial charge in [0, 0.05) is 30.4 Å². The van der Waals surface area contributed by atoms with E-state index in [2.05, 4.69) is 0 Å². The number of carbonyl (C=O) groups is 1. The lowest BCUT2D eigenvalue weighted by Crippen LogP contribution is -2.41. The molecule has 0 unspecified atom stereocenters. The predicted octanol–water partition coefficient (Wildman–Crippen LogP) is 3.46. The van der Waals surface area contributed by atoms with Crippen molar-refractivity contribution in [2.24, 2.45) is 5.92 Å². The van der Waals surface area contributed by atoms with E-state index in [-0.39, 0.29) is 18.0 Å². The molecule has 0 N–H and O–H groups in total. The molecule has 2 fully saturated rings. The Morgan fingerprint density at radius 2 is 1.78 bits per heavy atom. The van der Waals surface area contributed by atoms with Gasteiger partial charge in [0.15, 0.2) is 6.29 Å². The third-order valence-electron chi connectivity index (χ3n) is 5.61. The molecule has 2 aliphatic heterocycles. The number of ether oxygens (including phenoxy) is 2. The molecule has 2 aliphatic rings. The number of amides is 1. The zero-order valence-corrected chi connectivity index (χ0v) is 15.8. The van der Waals surface area contributed by atoms with Crippen LogP contribution in [0.25, 0.3) is 5.69 Å². The lowest BCUT2D eigenvalue weighted by atomic mass is 9.95. The Bertz CT molecular complexity index is 834. The van der Waals surface area contributed by atoms with Crippen LogP contribution in [0.4, 0.5) is 4.39 Å². The summed E-state index contributed by atoms with van der Waals surface area (Å²) in [5.41, 5.74) is 2.74. The van der Waals surface area contributed by atoms with E-state index in [1.807, 2.05) is 29.4 Å². The van der Waals surface area contributed by atoms with Crippen molar-refractivity contribution in [2.75, 3.05) is 26.3 Å². The Kier molecular flexibility index (Phi) is 5.02.